The number of aryl methyl sites for hydroxylation is 1. The molecule has 0 atom stereocenters. The summed E-state index contributed by atoms with van der Waals surface area (Å²) in [5.41, 5.74) is 1.15. The zero-order valence-corrected chi connectivity index (χ0v) is 10.3. The van der Waals surface area contributed by atoms with E-state index in [0.29, 0.717) is 0 Å². The standard InChI is InChI=1S/C8H9O.U/c1-7-5-3-4-6-8(7)9-2;/h3,5-6H,1-2H3;/q-1;. The number of hydrogen-bond donors (Lipinski definition) is 0. The third kappa shape index (κ3) is 2.36. The number of benzene rings is 1. The summed E-state index contributed by atoms with van der Waals surface area (Å²) in [6.07, 6.45) is 0. The van der Waals surface area contributed by atoms with Gasteiger partial charge in [-0.1, -0.05) is 6.92 Å². The van der Waals surface area contributed by atoms with Gasteiger partial charge in [-0.05, 0) is 0 Å². The van der Waals surface area contributed by atoms with Crippen molar-refractivity contribution in [1.82, 2.24) is 0 Å². The second-order valence-corrected chi connectivity index (χ2v) is 1.90. The van der Waals surface area contributed by atoms with E-state index in [4.69, 9.17) is 4.74 Å². The van der Waals surface area contributed by atoms with Crippen molar-refractivity contribution in [1.29, 1.82) is 0 Å². The molecule has 10 heavy (non-hydrogen) atoms. The summed E-state index contributed by atoms with van der Waals surface area (Å²) in [5.74, 6) is 0.900. The van der Waals surface area contributed by atoms with Crippen molar-refractivity contribution in [3.05, 3.63) is 29.8 Å². The van der Waals surface area contributed by atoms with Gasteiger partial charge in [-0.15, -0.1) is 11.6 Å². The Hall–Kier alpha value is 0.0719. The molecule has 2 heteroatoms. The molecular formula is C8H9OU-. The SMILES string of the molecule is COc1c[c-]ccc1C.[U]. The van der Waals surface area contributed by atoms with Crippen LogP contribution in [0.4, 0.5) is 0 Å². The molecule has 1 rings (SSSR count). The van der Waals surface area contributed by atoms with Gasteiger partial charge in [0.25, 0.3) is 0 Å². The maximum absolute atomic E-state index is 5.01. The number of rotatable bonds is 1. The fourth-order valence-corrected chi connectivity index (χ4v) is 0.713. The molecule has 0 unspecified atom stereocenters. The monoisotopic (exact) mass is 359 g/mol. The van der Waals surface area contributed by atoms with E-state index in [0.717, 1.165) is 11.3 Å². The largest absolute Gasteiger partial charge is 0.554 e. The van der Waals surface area contributed by atoms with Crippen LogP contribution >= 0.6 is 0 Å². The van der Waals surface area contributed by atoms with Gasteiger partial charge >= 0.3 is 0 Å². The fourth-order valence-electron chi connectivity index (χ4n) is 0.713. The molecule has 1 nitrogen and oxygen atoms in total. The van der Waals surface area contributed by atoms with Gasteiger partial charge in [0.05, 0.1) is 7.11 Å². The van der Waals surface area contributed by atoms with Crippen molar-refractivity contribution in [2.45, 2.75) is 6.92 Å². The third-order valence-electron chi connectivity index (χ3n) is 1.25. The minimum absolute atomic E-state index is 0. The van der Waals surface area contributed by atoms with Crippen LogP contribution < -0.4 is 4.74 Å². The molecule has 1 aromatic rings. The van der Waals surface area contributed by atoms with Crippen LogP contribution in [0, 0.1) is 44.1 Å². The van der Waals surface area contributed by atoms with Gasteiger partial charge in [-0.2, -0.15) is 18.2 Å². The smallest absolute Gasteiger partial charge is 0.0607 e. The summed E-state index contributed by atoms with van der Waals surface area (Å²) in [7, 11) is 1.66. The molecule has 0 aliphatic carbocycles. The molecular weight excluding hydrogens is 350 g/mol. The molecule has 0 heterocycles. The molecule has 0 aromatic heterocycles. The minimum Gasteiger partial charge on any atom is -0.554 e. The van der Waals surface area contributed by atoms with E-state index < -0.39 is 0 Å². The van der Waals surface area contributed by atoms with Crippen LogP contribution in [0.25, 0.3) is 0 Å². The van der Waals surface area contributed by atoms with Gasteiger partial charge in [-0.25, -0.2) is 0 Å². The van der Waals surface area contributed by atoms with Gasteiger partial charge < -0.3 is 4.74 Å². The minimum atomic E-state index is 0. The van der Waals surface area contributed by atoms with Gasteiger partial charge in [0, 0.05) is 36.9 Å². The summed E-state index contributed by atoms with van der Waals surface area (Å²) >= 11 is 0. The average molecular weight is 359 g/mol. The number of methoxy groups -OCH3 is 1. The van der Waals surface area contributed by atoms with Crippen molar-refractivity contribution in [3.63, 3.8) is 0 Å². The Morgan fingerprint density at radius 3 is 2.60 bits per heavy atom. The van der Waals surface area contributed by atoms with Crippen molar-refractivity contribution in [2.75, 3.05) is 7.11 Å². The molecule has 0 amide bonds. The number of ether oxygens (including phenoxy) is 1. The van der Waals surface area contributed by atoms with E-state index in [1.165, 1.54) is 0 Å². The van der Waals surface area contributed by atoms with Crippen LogP contribution in [0.15, 0.2) is 18.2 Å². The van der Waals surface area contributed by atoms with Gasteiger partial charge in [0.2, 0.25) is 0 Å². The van der Waals surface area contributed by atoms with Crippen molar-refractivity contribution >= 4 is 0 Å². The van der Waals surface area contributed by atoms with Crippen molar-refractivity contribution in [3.8, 4) is 5.75 Å². The van der Waals surface area contributed by atoms with Crippen LogP contribution in [0.5, 0.6) is 5.75 Å². The Bertz CT molecular complexity index is 198. The van der Waals surface area contributed by atoms with E-state index in [2.05, 4.69) is 6.07 Å². The Balaban J connectivity index is 0.000000810. The summed E-state index contributed by atoms with van der Waals surface area (Å²) in [6.45, 7) is 2.01. The first kappa shape index (κ1) is 10.1. The maximum Gasteiger partial charge on any atom is 0.0607 e. The van der Waals surface area contributed by atoms with Crippen LogP contribution in [-0.2, 0) is 0 Å². The Morgan fingerprint density at radius 1 is 1.50 bits per heavy atom. The molecule has 0 spiro atoms. The number of hydrogen-bond acceptors (Lipinski definition) is 1. The summed E-state index contributed by atoms with van der Waals surface area (Å²) in [4.78, 5) is 0. The van der Waals surface area contributed by atoms with Crippen LogP contribution in [0.2, 0.25) is 0 Å². The normalized spacial score (nSPS) is 8.20. The molecule has 0 N–H and O–H groups in total. The maximum atomic E-state index is 5.01. The first-order valence-corrected chi connectivity index (χ1v) is 2.85. The molecule has 0 bridgehead atoms. The van der Waals surface area contributed by atoms with E-state index in [1.54, 1.807) is 7.11 Å². The molecule has 0 radical (unpaired) electrons. The van der Waals surface area contributed by atoms with Crippen molar-refractivity contribution in [2.24, 2.45) is 0 Å². The summed E-state index contributed by atoms with van der Waals surface area (Å²) in [6, 6.07) is 8.60. The molecule has 0 aliphatic heterocycles. The molecule has 0 saturated carbocycles. The zero-order valence-electron chi connectivity index (χ0n) is 6.14. The Morgan fingerprint density at radius 2 is 2.20 bits per heavy atom. The average Bonchev–Trinajstić information content (AvgIpc) is 1.89. The summed E-state index contributed by atoms with van der Waals surface area (Å²) < 4.78 is 5.01. The predicted octanol–water partition coefficient (Wildman–Crippen LogP) is 1.80. The van der Waals surface area contributed by atoms with E-state index >= 15 is 0 Å². The van der Waals surface area contributed by atoms with Crippen LogP contribution in [-0.4, -0.2) is 7.11 Å². The first-order chi connectivity index (χ1) is 4.34. The zero-order chi connectivity index (χ0) is 6.69. The quantitative estimate of drug-likeness (QED) is 0.695. The third-order valence-corrected chi connectivity index (χ3v) is 1.25. The van der Waals surface area contributed by atoms with Crippen LogP contribution in [0.3, 0.4) is 0 Å². The van der Waals surface area contributed by atoms with E-state index in [-0.39, 0.29) is 31.1 Å². The first-order valence-electron chi connectivity index (χ1n) is 2.85. The molecule has 0 saturated heterocycles. The van der Waals surface area contributed by atoms with Crippen molar-refractivity contribution < 1.29 is 35.9 Å². The van der Waals surface area contributed by atoms with Gasteiger partial charge in [0.15, 0.2) is 0 Å². The summed E-state index contributed by atoms with van der Waals surface area (Å²) in [5, 5.41) is 0. The molecule has 52 valence electrons. The van der Waals surface area contributed by atoms with Gasteiger partial charge in [-0.3, -0.25) is 0 Å². The second-order valence-electron chi connectivity index (χ2n) is 1.90. The topological polar surface area (TPSA) is 9.23 Å². The van der Waals surface area contributed by atoms with E-state index in [9.17, 15) is 0 Å². The predicted molar refractivity (Wildman–Crippen MR) is 36.6 cm³/mol. The van der Waals surface area contributed by atoms with Gasteiger partial charge in [0.1, 0.15) is 0 Å². The van der Waals surface area contributed by atoms with E-state index in [1.807, 2.05) is 25.1 Å². The Labute approximate surface area is 85.2 Å². The molecule has 0 fully saturated rings. The van der Waals surface area contributed by atoms with Crippen LogP contribution in [0.1, 0.15) is 5.56 Å². The second kappa shape index (κ2) is 4.82. The fraction of sp³-hybridized carbons (Fsp3) is 0.250. The molecule has 1 aromatic carbocycles. The molecule has 0 aliphatic rings. The Kier molecular flexibility index (Phi) is 4.86.